The minimum Gasteiger partial charge on any atom is -0.377 e. The fraction of sp³-hybridized carbons (Fsp3) is 0.875. The lowest BCUT2D eigenvalue weighted by atomic mass is 10.4. The molecule has 0 aliphatic heterocycles. The molecule has 0 saturated carbocycles. The average Bonchev–Trinajstić information content (AvgIpc) is 2.01. The highest BCUT2D eigenvalue weighted by Crippen LogP contribution is 1.92. The van der Waals surface area contributed by atoms with Gasteiger partial charge in [0, 0.05) is 23.7 Å². The van der Waals surface area contributed by atoms with Crippen molar-refractivity contribution in [2.24, 2.45) is 0 Å². The molecule has 4 heteroatoms. The van der Waals surface area contributed by atoms with Crippen LogP contribution in [0, 0.1) is 0 Å². The van der Waals surface area contributed by atoms with Gasteiger partial charge in [0.2, 0.25) is 0 Å². The first-order valence-corrected chi connectivity index (χ1v) is 5.55. The number of hydrogen-bond donors (Lipinski definition) is 0. The van der Waals surface area contributed by atoms with Crippen molar-refractivity contribution in [3.05, 3.63) is 0 Å². The molecule has 1 atom stereocenters. The lowest BCUT2D eigenvalue weighted by Crippen LogP contribution is -2.17. The molecule has 0 aliphatic rings. The maximum atomic E-state index is 11.1. The standard InChI is InChI=1S/C8H16O3S/c1-3-4-5-12(10)7-8(9)6-11-2/h3-7H2,1-2H3. The maximum absolute atomic E-state index is 11.1. The minimum atomic E-state index is -0.981. The smallest absolute Gasteiger partial charge is 0.170 e. The first kappa shape index (κ1) is 11.8. The number of ketones is 1. The Hall–Kier alpha value is -0.220. The Morgan fingerprint density at radius 1 is 1.50 bits per heavy atom. The molecule has 3 nitrogen and oxygen atoms in total. The first-order valence-electron chi connectivity index (χ1n) is 4.06. The van der Waals surface area contributed by atoms with Crippen LogP contribution in [0.4, 0.5) is 0 Å². The Bertz CT molecular complexity index is 156. The summed E-state index contributed by atoms with van der Waals surface area (Å²) in [5.41, 5.74) is 0. The lowest BCUT2D eigenvalue weighted by Gasteiger charge is -1.99. The number of methoxy groups -OCH3 is 1. The van der Waals surface area contributed by atoms with Crippen molar-refractivity contribution in [1.82, 2.24) is 0 Å². The van der Waals surface area contributed by atoms with Crippen LogP contribution in [0.5, 0.6) is 0 Å². The van der Waals surface area contributed by atoms with Crippen molar-refractivity contribution in [2.75, 3.05) is 25.2 Å². The van der Waals surface area contributed by atoms with Crippen LogP contribution in [-0.2, 0) is 20.3 Å². The molecular weight excluding hydrogens is 176 g/mol. The summed E-state index contributed by atoms with van der Waals surface area (Å²) in [5, 5.41) is 0. The van der Waals surface area contributed by atoms with Crippen molar-refractivity contribution >= 4 is 16.6 Å². The van der Waals surface area contributed by atoms with Crippen LogP contribution in [0.25, 0.3) is 0 Å². The summed E-state index contributed by atoms with van der Waals surface area (Å²) >= 11 is 0. The second kappa shape index (κ2) is 7.43. The molecule has 0 heterocycles. The molecule has 12 heavy (non-hydrogen) atoms. The van der Waals surface area contributed by atoms with Gasteiger partial charge >= 0.3 is 0 Å². The fourth-order valence-corrected chi connectivity index (χ4v) is 1.96. The van der Waals surface area contributed by atoms with E-state index in [0.717, 1.165) is 12.8 Å². The molecule has 0 spiro atoms. The van der Waals surface area contributed by atoms with E-state index in [-0.39, 0.29) is 18.1 Å². The highest BCUT2D eigenvalue weighted by molar-refractivity contribution is 7.85. The van der Waals surface area contributed by atoms with Gasteiger partial charge in [0.05, 0.1) is 5.75 Å². The van der Waals surface area contributed by atoms with E-state index in [0.29, 0.717) is 5.75 Å². The van der Waals surface area contributed by atoms with Gasteiger partial charge in [0.15, 0.2) is 5.78 Å². The molecule has 0 bridgehead atoms. The molecule has 0 amide bonds. The van der Waals surface area contributed by atoms with E-state index in [2.05, 4.69) is 4.74 Å². The van der Waals surface area contributed by atoms with Gasteiger partial charge in [-0.15, -0.1) is 0 Å². The number of rotatable bonds is 7. The zero-order chi connectivity index (χ0) is 9.40. The van der Waals surface area contributed by atoms with Gasteiger partial charge in [-0.05, 0) is 6.42 Å². The molecule has 0 aromatic rings. The quantitative estimate of drug-likeness (QED) is 0.598. The zero-order valence-corrected chi connectivity index (χ0v) is 8.49. The number of hydrogen-bond acceptors (Lipinski definition) is 3. The SMILES string of the molecule is CCCCS(=O)CC(=O)COC. The number of unbranched alkanes of at least 4 members (excludes halogenated alkanes) is 1. The third-order valence-corrected chi connectivity index (χ3v) is 2.74. The van der Waals surface area contributed by atoms with Crippen molar-refractivity contribution in [2.45, 2.75) is 19.8 Å². The molecule has 1 unspecified atom stereocenters. The van der Waals surface area contributed by atoms with Crippen LogP contribution in [0.3, 0.4) is 0 Å². The van der Waals surface area contributed by atoms with Crippen LogP contribution >= 0.6 is 0 Å². The van der Waals surface area contributed by atoms with Crippen LogP contribution in [0.2, 0.25) is 0 Å². The van der Waals surface area contributed by atoms with Crippen LogP contribution in [0.1, 0.15) is 19.8 Å². The van der Waals surface area contributed by atoms with Gasteiger partial charge in [-0.25, -0.2) is 0 Å². The van der Waals surface area contributed by atoms with E-state index in [1.807, 2.05) is 6.92 Å². The van der Waals surface area contributed by atoms with Crippen LogP contribution in [-0.4, -0.2) is 35.2 Å². The van der Waals surface area contributed by atoms with Gasteiger partial charge in [-0.1, -0.05) is 13.3 Å². The summed E-state index contributed by atoms with van der Waals surface area (Å²) in [6.45, 7) is 2.12. The molecular formula is C8H16O3S. The van der Waals surface area contributed by atoms with Gasteiger partial charge in [-0.2, -0.15) is 0 Å². The van der Waals surface area contributed by atoms with E-state index in [1.54, 1.807) is 0 Å². The molecule has 0 aromatic heterocycles. The number of ether oxygens (including phenoxy) is 1. The summed E-state index contributed by atoms with van der Waals surface area (Å²) in [7, 11) is 0.484. The molecule has 0 rings (SSSR count). The fourth-order valence-electron chi connectivity index (χ4n) is 0.760. The largest absolute Gasteiger partial charge is 0.377 e. The second-order valence-electron chi connectivity index (χ2n) is 2.61. The summed E-state index contributed by atoms with van der Waals surface area (Å²) in [6, 6.07) is 0. The highest BCUT2D eigenvalue weighted by atomic mass is 32.2. The second-order valence-corrected chi connectivity index (χ2v) is 4.19. The van der Waals surface area contributed by atoms with Crippen LogP contribution < -0.4 is 0 Å². The van der Waals surface area contributed by atoms with E-state index < -0.39 is 10.8 Å². The first-order chi connectivity index (χ1) is 5.70. The molecule has 0 aromatic carbocycles. The predicted octanol–water partition coefficient (Wildman–Crippen LogP) is 0.751. The Balaban J connectivity index is 3.47. The Labute approximate surface area is 75.9 Å². The summed E-state index contributed by atoms with van der Waals surface area (Å²) in [6.07, 6.45) is 1.94. The van der Waals surface area contributed by atoms with Crippen molar-refractivity contribution in [3.8, 4) is 0 Å². The average molecular weight is 192 g/mol. The molecule has 0 fully saturated rings. The number of carbonyl (C=O) groups excluding carboxylic acids is 1. The number of carbonyl (C=O) groups is 1. The van der Waals surface area contributed by atoms with Crippen molar-refractivity contribution < 1.29 is 13.7 Å². The normalized spacial score (nSPS) is 12.8. The Morgan fingerprint density at radius 3 is 2.67 bits per heavy atom. The molecule has 0 radical (unpaired) electrons. The van der Waals surface area contributed by atoms with Gasteiger partial charge in [-0.3, -0.25) is 9.00 Å². The predicted molar refractivity (Wildman–Crippen MR) is 49.7 cm³/mol. The third kappa shape index (κ3) is 6.49. The number of Topliss-reactive ketones (excluding diaryl/α,β-unsaturated/α-hetero) is 1. The molecule has 0 N–H and O–H groups in total. The molecule has 72 valence electrons. The summed E-state index contributed by atoms with van der Waals surface area (Å²) in [5.74, 6) is 0.701. The topological polar surface area (TPSA) is 43.4 Å². The van der Waals surface area contributed by atoms with Crippen molar-refractivity contribution in [3.63, 3.8) is 0 Å². The Morgan fingerprint density at radius 2 is 2.17 bits per heavy atom. The van der Waals surface area contributed by atoms with Crippen LogP contribution in [0.15, 0.2) is 0 Å². The summed E-state index contributed by atoms with van der Waals surface area (Å²) < 4.78 is 15.7. The Kier molecular flexibility index (Phi) is 7.29. The van der Waals surface area contributed by atoms with E-state index in [9.17, 15) is 9.00 Å². The molecule has 0 aliphatic carbocycles. The van der Waals surface area contributed by atoms with Crippen molar-refractivity contribution in [1.29, 1.82) is 0 Å². The van der Waals surface area contributed by atoms with Gasteiger partial charge in [0.25, 0.3) is 0 Å². The monoisotopic (exact) mass is 192 g/mol. The summed E-state index contributed by atoms with van der Waals surface area (Å²) in [4.78, 5) is 10.9. The lowest BCUT2D eigenvalue weighted by molar-refractivity contribution is -0.120. The van der Waals surface area contributed by atoms with Gasteiger partial charge < -0.3 is 4.74 Å². The zero-order valence-electron chi connectivity index (χ0n) is 7.67. The molecule has 0 saturated heterocycles. The third-order valence-electron chi connectivity index (χ3n) is 1.35. The minimum absolute atomic E-state index is 0.0769. The van der Waals surface area contributed by atoms with E-state index >= 15 is 0 Å². The van der Waals surface area contributed by atoms with E-state index in [4.69, 9.17) is 0 Å². The maximum Gasteiger partial charge on any atom is 0.170 e. The van der Waals surface area contributed by atoms with E-state index in [1.165, 1.54) is 7.11 Å². The highest BCUT2D eigenvalue weighted by Gasteiger charge is 2.06. The van der Waals surface area contributed by atoms with Gasteiger partial charge in [0.1, 0.15) is 6.61 Å².